The summed E-state index contributed by atoms with van der Waals surface area (Å²) in [7, 11) is 0. The van der Waals surface area contributed by atoms with Crippen LogP contribution in [0.3, 0.4) is 0 Å². The lowest BCUT2D eigenvalue weighted by Crippen LogP contribution is -2.33. The molecule has 0 aromatic heterocycles. The van der Waals surface area contributed by atoms with Gasteiger partial charge in [-0.05, 0) is 35.4 Å². The van der Waals surface area contributed by atoms with Crippen molar-refractivity contribution in [2.75, 3.05) is 19.1 Å². The molecule has 2 rings (SSSR count). The first-order valence-electron chi connectivity index (χ1n) is 8.93. The highest BCUT2D eigenvalue weighted by Gasteiger charge is 2.41. The molecule has 8 heteroatoms. The fraction of sp³-hybridized carbons (Fsp3) is 0.429. The van der Waals surface area contributed by atoms with Crippen molar-refractivity contribution in [2.45, 2.75) is 37.7 Å². The lowest BCUT2D eigenvalue weighted by Gasteiger charge is -2.26. The topological polar surface area (TPSA) is 38.7 Å². The maximum Gasteiger partial charge on any atom is 0.340 e. The van der Waals surface area contributed by atoms with Crippen LogP contribution in [0, 0.1) is 0 Å². The molecule has 0 heterocycles. The van der Waals surface area contributed by atoms with E-state index in [1.54, 1.807) is 24.3 Å². The van der Waals surface area contributed by atoms with Gasteiger partial charge in [-0.3, -0.25) is 0 Å². The van der Waals surface area contributed by atoms with Crippen molar-refractivity contribution in [3.8, 4) is 11.5 Å². The van der Waals surface area contributed by atoms with Crippen molar-refractivity contribution < 1.29 is 32.1 Å². The lowest BCUT2D eigenvalue weighted by molar-refractivity contribution is -0.148. The van der Waals surface area contributed by atoms with E-state index in [9.17, 15) is 22.7 Å². The average molecular weight is 435 g/mol. The molecule has 0 saturated heterocycles. The summed E-state index contributed by atoms with van der Waals surface area (Å²) < 4.78 is 60.6. The number of ether oxygens (including phenoxy) is 2. The van der Waals surface area contributed by atoms with Gasteiger partial charge in [0, 0.05) is 5.41 Å². The highest BCUT2D eigenvalue weighted by molar-refractivity contribution is 6.18. The number of hydrogen-bond donors (Lipinski definition) is 1. The van der Waals surface area contributed by atoms with Crippen molar-refractivity contribution in [1.29, 1.82) is 0 Å². The van der Waals surface area contributed by atoms with E-state index in [-0.39, 0.29) is 18.2 Å². The van der Waals surface area contributed by atoms with Gasteiger partial charge in [0.15, 0.2) is 6.61 Å². The van der Waals surface area contributed by atoms with Crippen molar-refractivity contribution in [2.24, 2.45) is 0 Å². The van der Waals surface area contributed by atoms with Gasteiger partial charge in [-0.2, -0.15) is 8.78 Å². The van der Waals surface area contributed by atoms with E-state index in [1.807, 2.05) is 26.0 Å². The quantitative estimate of drug-likeness (QED) is 0.409. The summed E-state index contributed by atoms with van der Waals surface area (Å²) in [6, 6.07) is 13.7. The third-order valence-electron chi connectivity index (χ3n) is 4.52. The number of aliphatic hydroxyl groups is 1. The van der Waals surface area contributed by atoms with Crippen molar-refractivity contribution in [3.63, 3.8) is 0 Å². The average Bonchev–Trinajstić information content (AvgIpc) is 2.71. The summed E-state index contributed by atoms with van der Waals surface area (Å²) in [6.45, 7) is 2.69. The van der Waals surface area contributed by atoms with Crippen LogP contribution >= 0.6 is 11.6 Å². The monoisotopic (exact) mass is 434 g/mol. The maximum atomic E-state index is 13.0. The van der Waals surface area contributed by atoms with Gasteiger partial charge in [0.25, 0.3) is 0 Å². The van der Waals surface area contributed by atoms with Crippen LogP contribution < -0.4 is 9.47 Å². The zero-order valence-electron chi connectivity index (χ0n) is 16.0. The van der Waals surface area contributed by atoms with E-state index in [4.69, 9.17) is 21.1 Å². The first-order valence-corrected chi connectivity index (χ1v) is 9.46. The molecule has 0 aliphatic heterocycles. The molecule has 2 aromatic carbocycles. The SMILES string of the molecule is CC(C)(c1ccc(OC[C@H](O)CCl)cc1)c1ccc(OCC(F)(F)C(F)F)cc1. The molecule has 0 spiro atoms. The summed E-state index contributed by atoms with van der Waals surface area (Å²) in [5, 5.41) is 9.44. The molecular weight excluding hydrogens is 412 g/mol. The molecule has 2 aromatic rings. The van der Waals surface area contributed by atoms with E-state index < -0.39 is 30.5 Å². The van der Waals surface area contributed by atoms with Crippen LogP contribution in [0.5, 0.6) is 11.5 Å². The largest absolute Gasteiger partial charge is 0.491 e. The van der Waals surface area contributed by atoms with Crippen molar-refractivity contribution in [3.05, 3.63) is 59.7 Å². The van der Waals surface area contributed by atoms with Crippen LogP contribution in [-0.2, 0) is 5.41 Å². The van der Waals surface area contributed by atoms with E-state index in [2.05, 4.69) is 0 Å². The Kier molecular flexibility index (Phi) is 7.77. The minimum absolute atomic E-state index is 0.0879. The molecule has 0 bridgehead atoms. The zero-order chi connectivity index (χ0) is 21.7. The van der Waals surface area contributed by atoms with E-state index in [0.29, 0.717) is 5.75 Å². The Balaban J connectivity index is 2.05. The fourth-order valence-corrected chi connectivity index (χ4v) is 2.67. The van der Waals surface area contributed by atoms with Crippen molar-refractivity contribution >= 4 is 11.6 Å². The molecule has 0 aliphatic carbocycles. The van der Waals surface area contributed by atoms with Crippen molar-refractivity contribution in [1.82, 2.24) is 0 Å². The molecule has 0 unspecified atom stereocenters. The van der Waals surface area contributed by atoms with E-state index >= 15 is 0 Å². The van der Waals surface area contributed by atoms with Gasteiger partial charge < -0.3 is 14.6 Å². The predicted octanol–water partition coefficient (Wildman–Crippen LogP) is 5.27. The van der Waals surface area contributed by atoms with E-state index in [0.717, 1.165) is 11.1 Å². The second-order valence-electron chi connectivity index (χ2n) is 7.14. The number of alkyl halides is 5. The minimum atomic E-state index is -4.19. The van der Waals surface area contributed by atoms with Crippen LogP contribution in [0.25, 0.3) is 0 Å². The smallest absolute Gasteiger partial charge is 0.340 e. The van der Waals surface area contributed by atoms with Crippen LogP contribution in [0.1, 0.15) is 25.0 Å². The molecule has 0 saturated carbocycles. The summed E-state index contributed by atoms with van der Waals surface area (Å²) in [4.78, 5) is 0. The third kappa shape index (κ3) is 6.24. The number of rotatable bonds is 10. The predicted molar refractivity (Wildman–Crippen MR) is 104 cm³/mol. The van der Waals surface area contributed by atoms with E-state index in [1.165, 1.54) is 12.1 Å². The highest BCUT2D eigenvalue weighted by Crippen LogP contribution is 2.33. The standard InChI is InChI=1S/C21H23ClF4O3/c1-20(2,14-3-7-17(8-4-14)28-12-16(27)11-22)15-5-9-18(10-6-15)29-13-21(25,26)19(23)24/h3-10,16,19,27H,11-13H2,1-2H3/t16-/m1/s1. The van der Waals surface area contributed by atoms with Crippen LogP contribution in [0.15, 0.2) is 48.5 Å². The second kappa shape index (κ2) is 9.67. The van der Waals surface area contributed by atoms with Crippen LogP contribution in [0.2, 0.25) is 0 Å². The van der Waals surface area contributed by atoms with Gasteiger partial charge in [-0.15, -0.1) is 11.6 Å². The number of benzene rings is 2. The molecule has 0 fully saturated rings. The Labute approximate surface area is 172 Å². The lowest BCUT2D eigenvalue weighted by atomic mass is 9.78. The fourth-order valence-electron chi connectivity index (χ4n) is 2.58. The first kappa shape index (κ1) is 23.3. The third-order valence-corrected chi connectivity index (χ3v) is 4.88. The second-order valence-corrected chi connectivity index (χ2v) is 7.45. The Morgan fingerprint density at radius 1 is 0.897 bits per heavy atom. The van der Waals surface area contributed by atoms with Crippen LogP contribution in [-0.4, -0.2) is 42.7 Å². The number of hydrogen-bond acceptors (Lipinski definition) is 3. The van der Waals surface area contributed by atoms with Crippen LogP contribution in [0.4, 0.5) is 17.6 Å². The maximum absolute atomic E-state index is 13.0. The normalized spacial score (nSPS) is 13.4. The number of halogens is 5. The summed E-state index contributed by atoms with van der Waals surface area (Å²) in [5.41, 5.74) is 1.44. The summed E-state index contributed by atoms with van der Waals surface area (Å²) in [5.74, 6) is -3.42. The molecule has 0 aliphatic rings. The molecule has 0 amide bonds. The van der Waals surface area contributed by atoms with Gasteiger partial charge in [0.1, 0.15) is 24.2 Å². The molecular formula is C21H23ClF4O3. The Bertz CT molecular complexity index is 765. The molecule has 0 radical (unpaired) electrons. The minimum Gasteiger partial charge on any atom is -0.491 e. The Hall–Kier alpha value is -1.99. The van der Waals surface area contributed by atoms with Gasteiger partial charge in [0.05, 0.1) is 5.88 Å². The molecule has 1 N–H and O–H groups in total. The first-order chi connectivity index (χ1) is 13.6. The Morgan fingerprint density at radius 2 is 1.34 bits per heavy atom. The molecule has 1 atom stereocenters. The van der Waals surface area contributed by atoms with Gasteiger partial charge in [0.2, 0.25) is 0 Å². The molecule has 160 valence electrons. The zero-order valence-corrected chi connectivity index (χ0v) is 16.8. The van der Waals surface area contributed by atoms with Gasteiger partial charge in [-0.25, -0.2) is 8.78 Å². The van der Waals surface area contributed by atoms with Gasteiger partial charge in [-0.1, -0.05) is 38.1 Å². The Morgan fingerprint density at radius 3 is 1.76 bits per heavy atom. The number of aliphatic hydroxyl groups excluding tert-OH is 1. The highest BCUT2D eigenvalue weighted by atomic mass is 35.5. The van der Waals surface area contributed by atoms with Gasteiger partial charge >= 0.3 is 12.3 Å². The summed E-state index contributed by atoms with van der Waals surface area (Å²) in [6.07, 6.45) is -4.51. The molecule has 29 heavy (non-hydrogen) atoms. The molecule has 3 nitrogen and oxygen atoms in total. The summed E-state index contributed by atoms with van der Waals surface area (Å²) >= 11 is 5.53.